The van der Waals surface area contributed by atoms with Gasteiger partial charge >= 0.3 is 5.97 Å². The summed E-state index contributed by atoms with van der Waals surface area (Å²) in [6.07, 6.45) is 4.72. The van der Waals surface area contributed by atoms with Crippen LogP contribution in [0.15, 0.2) is 18.2 Å². The molecule has 1 amide bonds. The molecule has 0 unspecified atom stereocenters. The molecule has 2 heterocycles. The summed E-state index contributed by atoms with van der Waals surface area (Å²) in [5.41, 5.74) is 1.90. The zero-order valence-electron chi connectivity index (χ0n) is 12.0. The molecule has 5 nitrogen and oxygen atoms in total. The lowest BCUT2D eigenvalue weighted by Crippen LogP contribution is -2.35. The number of benzene rings is 1. The number of rotatable bonds is 3. The van der Waals surface area contributed by atoms with Gasteiger partial charge in [-0.1, -0.05) is 0 Å². The standard InChI is InChI=1S/C16H20N2O3/c19-15-5-1-2-8-18(15)14-10-12(16(20)21)9-13(11-14)17-6-3-4-7-17/h9-11H,1-8H2,(H,20,21). The van der Waals surface area contributed by atoms with E-state index < -0.39 is 5.97 Å². The average molecular weight is 288 g/mol. The van der Waals surface area contributed by atoms with E-state index in [1.54, 1.807) is 17.0 Å². The summed E-state index contributed by atoms with van der Waals surface area (Å²) >= 11 is 0. The first-order chi connectivity index (χ1) is 10.1. The van der Waals surface area contributed by atoms with E-state index in [0.717, 1.165) is 50.1 Å². The van der Waals surface area contributed by atoms with Crippen molar-refractivity contribution in [2.24, 2.45) is 0 Å². The van der Waals surface area contributed by atoms with Crippen molar-refractivity contribution < 1.29 is 14.7 Å². The van der Waals surface area contributed by atoms with Gasteiger partial charge in [0.2, 0.25) is 5.91 Å². The third kappa shape index (κ3) is 2.86. The molecule has 0 aliphatic carbocycles. The quantitative estimate of drug-likeness (QED) is 0.928. The SMILES string of the molecule is O=C(O)c1cc(N2CCCC2)cc(N2CCCCC2=O)c1. The van der Waals surface area contributed by atoms with Gasteiger partial charge < -0.3 is 14.9 Å². The maximum Gasteiger partial charge on any atom is 0.335 e. The second-order valence-corrected chi connectivity index (χ2v) is 5.74. The minimum Gasteiger partial charge on any atom is -0.478 e. The van der Waals surface area contributed by atoms with Gasteiger partial charge in [-0.15, -0.1) is 0 Å². The average Bonchev–Trinajstić information content (AvgIpc) is 3.01. The molecule has 0 radical (unpaired) electrons. The van der Waals surface area contributed by atoms with Gasteiger partial charge in [-0.2, -0.15) is 0 Å². The number of carbonyl (C=O) groups is 2. The highest BCUT2D eigenvalue weighted by Gasteiger charge is 2.23. The summed E-state index contributed by atoms with van der Waals surface area (Å²) in [6.45, 7) is 2.59. The topological polar surface area (TPSA) is 60.9 Å². The van der Waals surface area contributed by atoms with E-state index in [1.807, 2.05) is 6.07 Å². The van der Waals surface area contributed by atoms with Gasteiger partial charge in [0.15, 0.2) is 0 Å². The van der Waals surface area contributed by atoms with Gasteiger partial charge in [0.25, 0.3) is 0 Å². The van der Waals surface area contributed by atoms with Crippen LogP contribution in [0.1, 0.15) is 42.5 Å². The lowest BCUT2D eigenvalue weighted by atomic mass is 10.1. The highest BCUT2D eigenvalue weighted by molar-refractivity contribution is 5.97. The van der Waals surface area contributed by atoms with Crippen molar-refractivity contribution in [1.29, 1.82) is 0 Å². The molecule has 0 saturated carbocycles. The fourth-order valence-electron chi connectivity index (χ4n) is 3.11. The first-order valence-corrected chi connectivity index (χ1v) is 7.59. The molecule has 2 saturated heterocycles. The van der Waals surface area contributed by atoms with Gasteiger partial charge in [-0.25, -0.2) is 4.79 Å². The predicted octanol–water partition coefficient (Wildman–Crippen LogP) is 2.50. The van der Waals surface area contributed by atoms with E-state index in [1.165, 1.54) is 0 Å². The number of anilines is 2. The Labute approximate surface area is 124 Å². The van der Waals surface area contributed by atoms with Crippen LogP contribution in [-0.4, -0.2) is 36.6 Å². The maximum absolute atomic E-state index is 12.1. The van der Waals surface area contributed by atoms with Gasteiger partial charge in [0, 0.05) is 37.4 Å². The summed E-state index contributed by atoms with van der Waals surface area (Å²) in [7, 11) is 0. The Morgan fingerprint density at radius 1 is 0.952 bits per heavy atom. The third-order valence-corrected chi connectivity index (χ3v) is 4.26. The Morgan fingerprint density at radius 3 is 2.29 bits per heavy atom. The van der Waals surface area contributed by atoms with Crippen LogP contribution in [0.25, 0.3) is 0 Å². The molecule has 0 atom stereocenters. The molecule has 2 aliphatic heterocycles. The Balaban J connectivity index is 1.98. The van der Waals surface area contributed by atoms with Crippen molar-refractivity contribution >= 4 is 23.3 Å². The van der Waals surface area contributed by atoms with Gasteiger partial charge in [-0.3, -0.25) is 4.79 Å². The molecule has 5 heteroatoms. The highest BCUT2D eigenvalue weighted by Crippen LogP contribution is 2.29. The number of carboxylic acid groups (broad SMARTS) is 1. The summed E-state index contributed by atoms with van der Waals surface area (Å²) in [4.78, 5) is 27.4. The first kappa shape index (κ1) is 13.9. The molecular formula is C16H20N2O3. The molecule has 1 N–H and O–H groups in total. The molecule has 21 heavy (non-hydrogen) atoms. The molecule has 0 aromatic heterocycles. The smallest absolute Gasteiger partial charge is 0.335 e. The molecule has 3 rings (SSSR count). The van der Waals surface area contributed by atoms with Crippen molar-refractivity contribution in [3.8, 4) is 0 Å². The molecular weight excluding hydrogens is 268 g/mol. The summed E-state index contributed by atoms with van der Waals surface area (Å²) in [5, 5.41) is 9.32. The van der Waals surface area contributed by atoms with E-state index in [4.69, 9.17) is 0 Å². The number of nitrogens with zero attached hydrogens (tertiary/aromatic N) is 2. The normalized spacial score (nSPS) is 19.1. The van der Waals surface area contributed by atoms with Crippen molar-refractivity contribution in [3.05, 3.63) is 23.8 Å². The minimum absolute atomic E-state index is 0.0937. The van der Waals surface area contributed by atoms with Gasteiger partial charge in [0.05, 0.1) is 5.56 Å². The van der Waals surface area contributed by atoms with Crippen LogP contribution >= 0.6 is 0 Å². The van der Waals surface area contributed by atoms with E-state index in [2.05, 4.69) is 4.90 Å². The Morgan fingerprint density at radius 2 is 1.62 bits per heavy atom. The molecule has 112 valence electrons. The van der Waals surface area contributed by atoms with Crippen LogP contribution < -0.4 is 9.80 Å². The monoisotopic (exact) mass is 288 g/mol. The molecule has 2 fully saturated rings. The second-order valence-electron chi connectivity index (χ2n) is 5.74. The van der Waals surface area contributed by atoms with Crippen LogP contribution in [0.4, 0.5) is 11.4 Å². The van der Waals surface area contributed by atoms with Gasteiger partial charge in [0.1, 0.15) is 0 Å². The van der Waals surface area contributed by atoms with E-state index in [-0.39, 0.29) is 11.5 Å². The number of carboxylic acids is 1. The predicted molar refractivity (Wildman–Crippen MR) is 81.1 cm³/mol. The van der Waals surface area contributed by atoms with E-state index in [0.29, 0.717) is 13.0 Å². The van der Waals surface area contributed by atoms with Crippen LogP contribution in [0, 0.1) is 0 Å². The minimum atomic E-state index is -0.943. The maximum atomic E-state index is 12.1. The fourth-order valence-corrected chi connectivity index (χ4v) is 3.11. The van der Waals surface area contributed by atoms with Crippen molar-refractivity contribution in [2.45, 2.75) is 32.1 Å². The molecule has 2 aliphatic rings. The van der Waals surface area contributed by atoms with Crippen molar-refractivity contribution in [2.75, 3.05) is 29.4 Å². The van der Waals surface area contributed by atoms with Crippen molar-refractivity contribution in [3.63, 3.8) is 0 Å². The third-order valence-electron chi connectivity index (χ3n) is 4.26. The summed E-state index contributed by atoms with van der Waals surface area (Å²) in [5.74, 6) is -0.849. The molecule has 0 spiro atoms. The Kier molecular flexibility index (Phi) is 3.82. The van der Waals surface area contributed by atoms with Gasteiger partial charge in [-0.05, 0) is 43.9 Å². The van der Waals surface area contributed by atoms with E-state index >= 15 is 0 Å². The molecule has 0 bridgehead atoms. The Hall–Kier alpha value is -2.04. The van der Waals surface area contributed by atoms with Crippen LogP contribution in [-0.2, 0) is 4.79 Å². The number of piperidine rings is 1. The molecule has 1 aromatic carbocycles. The summed E-state index contributed by atoms with van der Waals surface area (Å²) in [6, 6.07) is 5.29. The zero-order chi connectivity index (χ0) is 14.8. The zero-order valence-corrected chi connectivity index (χ0v) is 12.0. The largest absolute Gasteiger partial charge is 0.478 e. The van der Waals surface area contributed by atoms with Crippen LogP contribution in [0.3, 0.4) is 0 Å². The van der Waals surface area contributed by atoms with Crippen molar-refractivity contribution in [1.82, 2.24) is 0 Å². The number of carbonyl (C=O) groups excluding carboxylic acids is 1. The fraction of sp³-hybridized carbons (Fsp3) is 0.500. The Bertz CT molecular complexity index is 565. The lowest BCUT2D eigenvalue weighted by molar-refractivity contribution is -0.119. The number of amides is 1. The second kappa shape index (κ2) is 5.76. The highest BCUT2D eigenvalue weighted by atomic mass is 16.4. The number of aromatic carboxylic acids is 1. The number of hydrogen-bond acceptors (Lipinski definition) is 3. The van der Waals surface area contributed by atoms with Crippen LogP contribution in [0.2, 0.25) is 0 Å². The molecule has 1 aromatic rings. The van der Waals surface area contributed by atoms with E-state index in [9.17, 15) is 14.7 Å². The first-order valence-electron chi connectivity index (χ1n) is 7.59. The summed E-state index contributed by atoms with van der Waals surface area (Å²) < 4.78 is 0. The van der Waals surface area contributed by atoms with Crippen LogP contribution in [0.5, 0.6) is 0 Å². The lowest BCUT2D eigenvalue weighted by Gasteiger charge is -2.28. The number of hydrogen-bond donors (Lipinski definition) is 1.